The Bertz CT molecular complexity index is 731. The number of amides is 1. The van der Waals surface area contributed by atoms with Gasteiger partial charge in [0.15, 0.2) is 11.6 Å². The second kappa shape index (κ2) is 6.05. The van der Waals surface area contributed by atoms with Gasteiger partial charge in [-0.2, -0.15) is 5.10 Å². The van der Waals surface area contributed by atoms with Crippen molar-refractivity contribution in [3.63, 3.8) is 0 Å². The highest BCUT2D eigenvalue weighted by Gasteiger charge is 2.27. The zero-order valence-corrected chi connectivity index (χ0v) is 13.8. The maximum absolute atomic E-state index is 11.2. The molecule has 122 valence electrons. The molecule has 0 radical (unpaired) electrons. The van der Waals surface area contributed by atoms with Crippen LogP contribution in [0.1, 0.15) is 42.3 Å². The molecule has 7 heteroatoms. The lowest BCUT2D eigenvalue weighted by Crippen LogP contribution is -2.16. The molecule has 1 saturated heterocycles. The lowest BCUT2D eigenvalue weighted by Gasteiger charge is -2.15. The number of thiophene rings is 1. The molecule has 4 rings (SSSR count). The van der Waals surface area contributed by atoms with Gasteiger partial charge in [-0.1, -0.05) is 0 Å². The lowest BCUT2D eigenvalue weighted by atomic mass is 9.94. The first-order valence-electron chi connectivity index (χ1n) is 8.13. The van der Waals surface area contributed by atoms with Crippen molar-refractivity contribution < 1.29 is 9.53 Å². The molecule has 6 nitrogen and oxygen atoms in total. The van der Waals surface area contributed by atoms with E-state index < -0.39 is 5.91 Å². The van der Waals surface area contributed by atoms with Gasteiger partial charge in [-0.15, -0.1) is 11.3 Å². The largest absolute Gasteiger partial charge is 0.379 e. The average Bonchev–Trinajstić information content (AvgIpc) is 3.25. The van der Waals surface area contributed by atoms with Crippen molar-refractivity contribution in [1.82, 2.24) is 14.8 Å². The van der Waals surface area contributed by atoms with Gasteiger partial charge < -0.3 is 10.5 Å². The van der Waals surface area contributed by atoms with Crippen LogP contribution in [0.4, 0.5) is 0 Å². The molecular formula is C16H20N4O2S. The molecular weight excluding hydrogens is 312 g/mol. The molecule has 1 amide bonds. The number of fused-ring (bicyclic) bond motifs is 1. The van der Waals surface area contributed by atoms with Crippen LogP contribution < -0.4 is 5.73 Å². The molecule has 2 aromatic rings. The van der Waals surface area contributed by atoms with E-state index in [-0.39, 0.29) is 12.5 Å². The van der Waals surface area contributed by atoms with Crippen molar-refractivity contribution in [3.05, 3.63) is 22.3 Å². The summed E-state index contributed by atoms with van der Waals surface area (Å²) in [5.74, 6) is 0.992. The number of nitrogens with two attached hydrogens (primary N) is 1. The number of carbonyl (C=O) groups is 1. The van der Waals surface area contributed by atoms with Crippen LogP contribution >= 0.6 is 11.3 Å². The highest BCUT2D eigenvalue weighted by Crippen LogP contribution is 2.37. The molecule has 0 aromatic carbocycles. The zero-order valence-electron chi connectivity index (χ0n) is 13.0. The first-order chi connectivity index (χ1) is 11.2. The maximum atomic E-state index is 11.2. The molecule has 1 aliphatic carbocycles. The normalized spacial score (nSPS) is 20.6. The maximum Gasteiger partial charge on any atom is 0.225 e. The van der Waals surface area contributed by atoms with E-state index in [0.29, 0.717) is 12.4 Å². The Hall–Kier alpha value is -1.73. The Labute approximate surface area is 138 Å². The summed E-state index contributed by atoms with van der Waals surface area (Å²) in [5.41, 5.74) is 8.18. The SMILES string of the molecule is NC(=O)Cc1nc(-c2scc3c2CCCC3)n(C2CCOC2)n1. The van der Waals surface area contributed by atoms with Crippen molar-refractivity contribution in [2.24, 2.45) is 5.73 Å². The minimum Gasteiger partial charge on any atom is -0.379 e. The Kier molecular flexibility index (Phi) is 3.90. The van der Waals surface area contributed by atoms with E-state index in [1.165, 1.54) is 28.8 Å². The third-order valence-corrected chi connectivity index (χ3v) is 5.63. The Balaban J connectivity index is 1.78. The Morgan fingerprint density at radius 2 is 2.30 bits per heavy atom. The van der Waals surface area contributed by atoms with Gasteiger partial charge in [-0.25, -0.2) is 9.67 Å². The van der Waals surface area contributed by atoms with Crippen LogP contribution in [0.5, 0.6) is 0 Å². The predicted molar refractivity (Wildman–Crippen MR) is 87.3 cm³/mol. The molecule has 1 fully saturated rings. The summed E-state index contributed by atoms with van der Waals surface area (Å²) >= 11 is 1.74. The second-order valence-corrected chi connectivity index (χ2v) is 7.11. The molecule has 0 spiro atoms. The van der Waals surface area contributed by atoms with E-state index in [1.807, 2.05) is 4.68 Å². The first kappa shape index (κ1) is 14.8. The summed E-state index contributed by atoms with van der Waals surface area (Å²) in [7, 11) is 0. The topological polar surface area (TPSA) is 83.0 Å². The summed E-state index contributed by atoms with van der Waals surface area (Å²) in [6, 6.07) is 0.195. The Morgan fingerprint density at radius 3 is 3.09 bits per heavy atom. The third kappa shape index (κ3) is 2.79. The minimum absolute atomic E-state index is 0.0845. The summed E-state index contributed by atoms with van der Waals surface area (Å²) in [5, 5.41) is 6.82. The highest BCUT2D eigenvalue weighted by molar-refractivity contribution is 7.13. The summed E-state index contributed by atoms with van der Waals surface area (Å²) in [6.45, 7) is 1.40. The van der Waals surface area contributed by atoms with Gasteiger partial charge in [0, 0.05) is 6.61 Å². The van der Waals surface area contributed by atoms with Crippen LogP contribution in [-0.4, -0.2) is 33.9 Å². The summed E-state index contributed by atoms with van der Waals surface area (Å²) in [6.07, 6.45) is 5.76. The molecule has 0 bridgehead atoms. The molecule has 1 aliphatic heterocycles. The molecule has 2 N–H and O–H groups in total. The number of ether oxygens (including phenoxy) is 1. The zero-order chi connectivity index (χ0) is 15.8. The van der Waals surface area contributed by atoms with E-state index >= 15 is 0 Å². The summed E-state index contributed by atoms with van der Waals surface area (Å²) < 4.78 is 7.47. The third-order valence-electron chi connectivity index (χ3n) is 4.57. The van der Waals surface area contributed by atoms with Crippen molar-refractivity contribution in [2.45, 2.75) is 44.6 Å². The van der Waals surface area contributed by atoms with Gasteiger partial charge in [0.25, 0.3) is 0 Å². The molecule has 23 heavy (non-hydrogen) atoms. The van der Waals surface area contributed by atoms with Gasteiger partial charge in [0.1, 0.15) is 0 Å². The number of carbonyl (C=O) groups excluding carboxylic acids is 1. The number of nitrogens with zero attached hydrogens (tertiary/aromatic N) is 3. The van der Waals surface area contributed by atoms with Gasteiger partial charge in [-0.3, -0.25) is 4.79 Å². The summed E-state index contributed by atoms with van der Waals surface area (Å²) in [4.78, 5) is 17.1. The predicted octanol–water partition coefficient (Wildman–Crippen LogP) is 1.87. The van der Waals surface area contributed by atoms with Gasteiger partial charge in [-0.05, 0) is 48.6 Å². The van der Waals surface area contributed by atoms with Crippen LogP contribution in [0, 0.1) is 0 Å². The van der Waals surface area contributed by atoms with Crippen LogP contribution in [-0.2, 0) is 28.8 Å². The number of aromatic nitrogens is 3. The number of aryl methyl sites for hydroxylation is 1. The lowest BCUT2D eigenvalue weighted by molar-refractivity contribution is -0.117. The van der Waals surface area contributed by atoms with Crippen LogP contribution in [0.15, 0.2) is 5.38 Å². The van der Waals surface area contributed by atoms with Crippen LogP contribution in [0.2, 0.25) is 0 Å². The van der Waals surface area contributed by atoms with Crippen molar-refractivity contribution in [3.8, 4) is 10.7 Å². The first-order valence-corrected chi connectivity index (χ1v) is 9.01. The number of primary amides is 1. The smallest absolute Gasteiger partial charge is 0.225 e. The molecule has 0 saturated carbocycles. The average molecular weight is 332 g/mol. The van der Waals surface area contributed by atoms with Crippen molar-refractivity contribution in [2.75, 3.05) is 13.2 Å². The van der Waals surface area contributed by atoms with Gasteiger partial charge in [0.2, 0.25) is 5.91 Å². The molecule has 3 heterocycles. The van der Waals surface area contributed by atoms with Gasteiger partial charge in [0.05, 0.1) is 23.9 Å². The van der Waals surface area contributed by atoms with Crippen molar-refractivity contribution >= 4 is 17.2 Å². The monoisotopic (exact) mass is 332 g/mol. The number of hydrogen-bond donors (Lipinski definition) is 1. The fourth-order valence-electron chi connectivity index (χ4n) is 3.43. The highest BCUT2D eigenvalue weighted by atomic mass is 32.1. The minimum atomic E-state index is -0.399. The van der Waals surface area contributed by atoms with Crippen LogP contribution in [0.25, 0.3) is 10.7 Å². The van der Waals surface area contributed by atoms with E-state index in [0.717, 1.165) is 31.7 Å². The quantitative estimate of drug-likeness (QED) is 0.926. The second-order valence-electron chi connectivity index (χ2n) is 6.23. The van der Waals surface area contributed by atoms with E-state index in [4.69, 9.17) is 10.5 Å². The van der Waals surface area contributed by atoms with Crippen LogP contribution in [0.3, 0.4) is 0 Å². The molecule has 2 aromatic heterocycles. The number of rotatable bonds is 4. The van der Waals surface area contributed by atoms with E-state index in [2.05, 4.69) is 15.5 Å². The van der Waals surface area contributed by atoms with Crippen molar-refractivity contribution in [1.29, 1.82) is 0 Å². The molecule has 1 atom stereocenters. The fraction of sp³-hybridized carbons (Fsp3) is 0.562. The number of hydrogen-bond acceptors (Lipinski definition) is 5. The van der Waals surface area contributed by atoms with Gasteiger partial charge >= 0.3 is 0 Å². The van der Waals surface area contributed by atoms with E-state index in [1.54, 1.807) is 11.3 Å². The standard InChI is InChI=1S/C16H20N4O2S/c17-13(21)7-14-18-16(20(19-14)11-5-6-22-8-11)15-12-4-2-1-3-10(12)9-23-15/h9,11H,1-8H2,(H2,17,21). The van der Waals surface area contributed by atoms with E-state index in [9.17, 15) is 4.79 Å². The molecule has 1 unspecified atom stereocenters. The Morgan fingerprint density at radius 1 is 1.43 bits per heavy atom. The fourth-order valence-corrected chi connectivity index (χ4v) is 4.57. The molecule has 2 aliphatic rings.